The molecular formula is C11H17NO. The van der Waals surface area contributed by atoms with E-state index < -0.39 is 0 Å². The fourth-order valence-corrected chi connectivity index (χ4v) is 1.74. The first kappa shape index (κ1) is 10.0. The minimum Gasteiger partial charge on any atom is -0.359 e. The second-order valence-electron chi connectivity index (χ2n) is 4.32. The first-order valence-electron chi connectivity index (χ1n) is 4.66. The summed E-state index contributed by atoms with van der Waals surface area (Å²) in [5.74, 6) is 0. The molecule has 1 rings (SSSR count). The molecule has 72 valence electrons. The fraction of sp³-hybridized carbons (Fsp3) is 0.545. The maximum atomic E-state index is 10.8. The molecule has 0 aliphatic heterocycles. The number of hydrogen-bond donors (Lipinski definition) is 1. The van der Waals surface area contributed by atoms with Crippen molar-refractivity contribution < 1.29 is 4.79 Å². The number of aryl methyl sites for hydroxylation is 1. The number of H-pyrrole nitrogens is 1. The normalized spacial score (nSPS) is 11.7. The highest BCUT2D eigenvalue weighted by Crippen LogP contribution is 2.28. The highest BCUT2D eigenvalue weighted by atomic mass is 16.1. The summed E-state index contributed by atoms with van der Waals surface area (Å²) in [7, 11) is 0. The van der Waals surface area contributed by atoms with Crippen LogP contribution in [0.1, 0.15) is 49.3 Å². The van der Waals surface area contributed by atoms with Crippen LogP contribution in [0.3, 0.4) is 0 Å². The first-order chi connectivity index (χ1) is 6.00. The quantitative estimate of drug-likeness (QED) is 0.696. The Morgan fingerprint density at radius 2 is 2.08 bits per heavy atom. The average Bonchev–Trinajstić information content (AvgIpc) is 2.45. The lowest BCUT2D eigenvalue weighted by atomic mass is 9.84. The number of rotatable bonds is 2. The van der Waals surface area contributed by atoms with Crippen LogP contribution in [0.4, 0.5) is 0 Å². The van der Waals surface area contributed by atoms with Crippen molar-refractivity contribution in [1.82, 2.24) is 4.98 Å². The summed E-state index contributed by atoms with van der Waals surface area (Å²) in [5.41, 5.74) is 3.17. The molecule has 1 aromatic heterocycles. The van der Waals surface area contributed by atoms with Gasteiger partial charge in [0, 0.05) is 6.20 Å². The Morgan fingerprint density at radius 1 is 1.46 bits per heavy atom. The van der Waals surface area contributed by atoms with Crippen LogP contribution in [-0.4, -0.2) is 11.3 Å². The van der Waals surface area contributed by atoms with E-state index in [9.17, 15) is 4.79 Å². The Bertz CT molecular complexity index is 304. The molecule has 0 atom stereocenters. The van der Waals surface area contributed by atoms with E-state index in [0.29, 0.717) is 0 Å². The predicted octanol–water partition coefficient (Wildman–Crippen LogP) is 2.69. The highest BCUT2D eigenvalue weighted by Gasteiger charge is 2.22. The SMILES string of the molecule is CCc1c[nH]c(C=O)c1C(C)(C)C. The van der Waals surface area contributed by atoms with Gasteiger partial charge in [0.2, 0.25) is 0 Å². The van der Waals surface area contributed by atoms with Gasteiger partial charge in [0.1, 0.15) is 0 Å². The third-order valence-corrected chi connectivity index (χ3v) is 2.24. The summed E-state index contributed by atoms with van der Waals surface area (Å²) in [6, 6.07) is 0. The van der Waals surface area contributed by atoms with E-state index in [1.54, 1.807) is 0 Å². The molecule has 1 N–H and O–H groups in total. The van der Waals surface area contributed by atoms with E-state index in [4.69, 9.17) is 0 Å². The Kier molecular flexibility index (Phi) is 2.60. The van der Waals surface area contributed by atoms with Gasteiger partial charge < -0.3 is 4.98 Å². The third kappa shape index (κ3) is 1.82. The first-order valence-corrected chi connectivity index (χ1v) is 4.66. The molecule has 0 aliphatic rings. The molecule has 0 amide bonds. The molecule has 0 fully saturated rings. The lowest BCUT2D eigenvalue weighted by Gasteiger charge is -2.20. The third-order valence-electron chi connectivity index (χ3n) is 2.24. The number of aromatic nitrogens is 1. The van der Waals surface area contributed by atoms with Crippen molar-refractivity contribution in [3.8, 4) is 0 Å². The molecule has 0 bridgehead atoms. The molecule has 1 heterocycles. The van der Waals surface area contributed by atoms with Crippen LogP contribution in [0.5, 0.6) is 0 Å². The van der Waals surface area contributed by atoms with Crippen molar-refractivity contribution in [2.45, 2.75) is 39.5 Å². The molecule has 0 aliphatic carbocycles. The van der Waals surface area contributed by atoms with Crippen molar-refractivity contribution in [3.63, 3.8) is 0 Å². The van der Waals surface area contributed by atoms with E-state index in [0.717, 1.165) is 24.0 Å². The van der Waals surface area contributed by atoms with Gasteiger partial charge in [0.05, 0.1) is 5.69 Å². The number of hydrogen-bond acceptors (Lipinski definition) is 1. The Balaban J connectivity index is 3.28. The van der Waals surface area contributed by atoms with Crippen molar-refractivity contribution >= 4 is 6.29 Å². The molecule has 0 spiro atoms. The average molecular weight is 179 g/mol. The summed E-state index contributed by atoms with van der Waals surface area (Å²) in [6.45, 7) is 8.49. The largest absolute Gasteiger partial charge is 0.359 e. The monoisotopic (exact) mass is 179 g/mol. The van der Waals surface area contributed by atoms with Crippen molar-refractivity contribution in [3.05, 3.63) is 23.0 Å². The van der Waals surface area contributed by atoms with Crippen LogP contribution in [0.25, 0.3) is 0 Å². The second kappa shape index (κ2) is 3.36. The fourth-order valence-electron chi connectivity index (χ4n) is 1.74. The van der Waals surface area contributed by atoms with Gasteiger partial charge >= 0.3 is 0 Å². The van der Waals surface area contributed by atoms with Gasteiger partial charge in [0.15, 0.2) is 6.29 Å². The molecule has 2 heteroatoms. The Morgan fingerprint density at radius 3 is 2.46 bits per heavy atom. The highest BCUT2D eigenvalue weighted by molar-refractivity contribution is 5.76. The van der Waals surface area contributed by atoms with Crippen LogP contribution in [0.2, 0.25) is 0 Å². The van der Waals surface area contributed by atoms with Crippen LogP contribution in [0.15, 0.2) is 6.20 Å². The van der Waals surface area contributed by atoms with Crippen LogP contribution in [-0.2, 0) is 11.8 Å². The number of nitrogens with one attached hydrogen (secondary N) is 1. The van der Waals surface area contributed by atoms with Crippen molar-refractivity contribution in [2.75, 3.05) is 0 Å². The maximum Gasteiger partial charge on any atom is 0.166 e. The topological polar surface area (TPSA) is 32.9 Å². The summed E-state index contributed by atoms with van der Waals surface area (Å²) < 4.78 is 0. The van der Waals surface area contributed by atoms with E-state index >= 15 is 0 Å². The lowest BCUT2D eigenvalue weighted by Crippen LogP contribution is -2.14. The molecule has 0 radical (unpaired) electrons. The van der Waals surface area contributed by atoms with E-state index in [-0.39, 0.29) is 5.41 Å². The van der Waals surface area contributed by atoms with Crippen molar-refractivity contribution in [1.29, 1.82) is 0 Å². The number of aromatic amines is 1. The van der Waals surface area contributed by atoms with Crippen molar-refractivity contribution in [2.24, 2.45) is 0 Å². The number of carbonyl (C=O) groups is 1. The summed E-state index contributed by atoms with van der Waals surface area (Å²) >= 11 is 0. The number of carbonyl (C=O) groups excluding carboxylic acids is 1. The zero-order chi connectivity index (χ0) is 10.1. The summed E-state index contributed by atoms with van der Waals surface area (Å²) in [5, 5.41) is 0. The smallest absolute Gasteiger partial charge is 0.166 e. The van der Waals surface area contributed by atoms with Gasteiger partial charge in [-0.25, -0.2) is 0 Å². The zero-order valence-corrected chi connectivity index (χ0v) is 8.77. The van der Waals surface area contributed by atoms with Gasteiger partial charge in [-0.1, -0.05) is 27.7 Å². The zero-order valence-electron chi connectivity index (χ0n) is 8.77. The lowest BCUT2D eigenvalue weighted by molar-refractivity contribution is 0.111. The van der Waals surface area contributed by atoms with E-state index in [1.807, 2.05) is 6.20 Å². The van der Waals surface area contributed by atoms with E-state index in [2.05, 4.69) is 32.7 Å². The maximum absolute atomic E-state index is 10.8. The second-order valence-corrected chi connectivity index (χ2v) is 4.32. The van der Waals surface area contributed by atoms with Crippen LogP contribution >= 0.6 is 0 Å². The predicted molar refractivity (Wildman–Crippen MR) is 54.3 cm³/mol. The molecule has 13 heavy (non-hydrogen) atoms. The van der Waals surface area contributed by atoms with Crippen LogP contribution < -0.4 is 0 Å². The molecule has 0 aromatic carbocycles. The van der Waals surface area contributed by atoms with Gasteiger partial charge in [-0.3, -0.25) is 4.79 Å². The Labute approximate surface area is 79.4 Å². The summed E-state index contributed by atoms with van der Waals surface area (Å²) in [4.78, 5) is 13.8. The van der Waals surface area contributed by atoms with Gasteiger partial charge in [0.25, 0.3) is 0 Å². The molecular weight excluding hydrogens is 162 g/mol. The molecule has 0 saturated heterocycles. The standard InChI is InChI=1S/C11H17NO/c1-5-8-6-12-9(7-13)10(8)11(2,3)4/h6-7,12H,5H2,1-4H3. The van der Waals surface area contributed by atoms with Gasteiger partial charge in [-0.15, -0.1) is 0 Å². The number of aldehydes is 1. The Hall–Kier alpha value is -1.05. The minimum atomic E-state index is 0.0432. The van der Waals surface area contributed by atoms with Crippen LogP contribution in [0, 0.1) is 0 Å². The molecule has 1 aromatic rings. The molecule has 0 unspecified atom stereocenters. The molecule has 2 nitrogen and oxygen atoms in total. The van der Waals surface area contributed by atoms with Gasteiger partial charge in [-0.05, 0) is 23.0 Å². The van der Waals surface area contributed by atoms with Gasteiger partial charge in [-0.2, -0.15) is 0 Å². The van der Waals surface area contributed by atoms with E-state index in [1.165, 1.54) is 5.56 Å². The summed E-state index contributed by atoms with van der Waals surface area (Å²) in [6.07, 6.45) is 3.81. The molecule has 0 saturated carbocycles. The minimum absolute atomic E-state index is 0.0432.